The molecule has 0 atom stereocenters. The van der Waals surface area contributed by atoms with Crippen molar-refractivity contribution < 1.29 is 31.2 Å². The van der Waals surface area contributed by atoms with Crippen LogP contribution in [0.15, 0.2) is 73.2 Å². The molecular formula is C39H46F3N11O4S. The van der Waals surface area contributed by atoms with Crippen molar-refractivity contribution in [3.63, 3.8) is 0 Å². The van der Waals surface area contributed by atoms with Gasteiger partial charge in [-0.15, -0.1) is 0 Å². The van der Waals surface area contributed by atoms with Gasteiger partial charge in [-0.2, -0.15) is 18.2 Å². The molecule has 5 heterocycles. The largest absolute Gasteiger partial charge is 0.421 e. The summed E-state index contributed by atoms with van der Waals surface area (Å²) in [5.41, 5.74) is 3.34. The van der Waals surface area contributed by atoms with E-state index in [9.17, 15) is 31.2 Å². The normalized spacial score (nSPS) is 17.6. The topological polar surface area (TPSA) is 159 Å². The summed E-state index contributed by atoms with van der Waals surface area (Å²) in [6.45, 7) is 6.48. The molecule has 3 saturated heterocycles. The van der Waals surface area contributed by atoms with Crippen LogP contribution in [0.4, 0.5) is 52.5 Å². The lowest BCUT2D eigenvalue weighted by Crippen LogP contribution is -2.53. The van der Waals surface area contributed by atoms with Gasteiger partial charge >= 0.3 is 12.2 Å². The van der Waals surface area contributed by atoms with Crippen molar-refractivity contribution in [3.05, 3.63) is 89.9 Å². The van der Waals surface area contributed by atoms with Gasteiger partial charge in [-0.3, -0.25) is 34.1 Å². The van der Waals surface area contributed by atoms with Crippen LogP contribution in [0.2, 0.25) is 0 Å². The molecule has 0 aliphatic carbocycles. The highest BCUT2D eigenvalue weighted by Crippen LogP contribution is 2.35. The minimum Gasteiger partial charge on any atom is -0.371 e. The van der Waals surface area contributed by atoms with Gasteiger partial charge in [0.05, 0.1) is 23.8 Å². The molecule has 3 amide bonds. The van der Waals surface area contributed by atoms with E-state index in [0.29, 0.717) is 36.1 Å². The molecule has 0 unspecified atom stereocenters. The lowest BCUT2D eigenvalue weighted by molar-refractivity contribution is -0.137. The second kappa shape index (κ2) is 17.1. The molecule has 4 aromatic rings. The van der Waals surface area contributed by atoms with Crippen LogP contribution in [0.3, 0.4) is 0 Å². The number of rotatable bonds is 12. The smallest absolute Gasteiger partial charge is 0.371 e. The molecule has 2 aromatic heterocycles. The molecule has 3 aliphatic rings. The number of imide groups is 1. The van der Waals surface area contributed by atoms with E-state index < -0.39 is 33.6 Å². The predicted molar refractivity (Wildman–Crippen MR) is 216 cm³/mol. The first-order valence-electron chi connectivity index (χ1n) is 19.0. The number of nitrogens with zero attached hydrogens (tertiary/aromatic N) is 8. The molecule has 19 heteroatoms. The number of urea groups is 1. The summed E-state index contributed by atoms with van der Waals surface area (Å²) >= 11 is 0. The lowest BCUT2D eigenvalue weighted by Gasteiger charge is -2.43. The van der Waals surface area contributed by atoms with Crippen LogP contribution in [0.25, 0.3) is 0 Å². The molecule has 3 fully saturated rings. The molecular weight excluding hydrogens is 776 g/mol. The number of hydrogen-bond acceptors (Lipinski definition) is 12. The number of halogens is 3. The van der Waals surface area contributed by atoms with Crippen LogP contribution in [0.1, 0.15) is 36.0 Å². The number of anilines is 6. The van der Waals surface area contributed by atoms with E-state index in [1.54, 1.807) is 41.6 Å². The van der Waals surface area contributed by atoms with Crippen LogP contribution in [-0.2, 0) is 34.1 Å². The maximum atomic E-state index is 13.9. The number of aromatic nitrogens is 3. The van der Waals surface area contributed by atoms with Crippen LogP contribution in [0, 0.1) is 0 Å². The van der Waals surface area contributed by atoms with Gasteiger partial charge in [0.15, 0.2) is 0 Å². The number of carbonyl (C=O) groups is 2. The SMILES string of the molecule is CN(c1cccc(CNc2nc(Nc3ccc(N4CCC(N5CCN(Cc6ccncc6N6CCC(=O)NC6=O)CC5)CC4)cc3)ncc2C(F)(F)F)c1)S(C)(=O)=O. The monoisotopic (exact) mass is 821 g/mol. The van der Waals surface area contributed by atoms with Crippen LogP contribution in [-0.4, -0.2) is 110 Å². The van der Waals surface area contributed by atoms with Gasteiger partial charge in [0.2, 0.25) is 21.9 Å². The van der Waals surface area contributed by atoms with Gasteiger partial charge in [0, 0.05) is 102 Å². The second-order valence-corrected chi connectivity index (χ2v) is 16.7. The fraction of sp³-hybridized carbons (Fsp3) is 0.410. The van der Waals surface area contributed by atoms with Crippen molar-refractivity contribution in [2.75, 3.05) is 83.9 Å². The number of amides is 3. The predicted octanol–water partition coefficient (Wildman–Crippen LogP) is 4.87. The van der Waals surface area contributed by atoms with Crippen LogP contribution >= 0.6 is 0 Å². The molecule has 308 valence electrons. The van der Waals surface area contributed by atoms with Crippen molar-refractivity contribution in [1.82, 2.24) is 30.1 Å². The standard InChI is InChI=1S/C39H46F3N11O4S/c1-49(58(2,56)57)32-5-3-4-27(22-32)23-44-36-33(39(40,41)42)24-45-37(48-36)46-29-6-8-30(9-7-29)51-15-11-31(12-16-51)52-20-18-50(19-21-52)26-28-10-14-43-25-34(28)53-17-13-35(54)47-38(53)55/h3-10,14,22,24-25,31H,11-13,15-21,23,26H2,1-2H3,(H,47,54,55)(H2,44,45,46,48). The number of alkyl halides is 3. The summed E-state index contributed by atoms with van der Waals surface area (Å²) in [7, 11) is -2.11. The number of piperidine rings is 1. The van der Waals surface area contributed by atoms with Crippen LogP contribution in [0.5, 0.6) is 0 Å². The summed E-state index contributed by atoms with van der Waals surface area (Å²) in [5.74, 6) is -0.680. The van der Waals surface area contributed by atoms with Crippen molar-refractivity contribution in [1.29, 1.82) is 0 Å². The Bertz CT molecular complexity index is 2210. The van der Waals surface area contributed by atoms with E-state index in [0.717, 1.165) is 85.8 Å². The Morgan fingerprint density at radius 1 is 0.948 bits per heavy atom. The molecule has 2 aromatic carbocycles. The number of carbonyl (C=O) groups excluding carboxylic acids is 2. The molecule has 0 bridgehead atoms. The van der Waals surface area contributed by atoms with Gasteiger partial charge in [0.1, 0.15) is 11.4 Å². The number of hydrogen-bond donors (Lipinski definition) is 3. The fourth-order valence-corrected chi connectivity index (χ4v) is 8.01. The minimum atomic E-state index is -4.70. The third-order valence-electron chi connectivity index (χ3n) is 10.8. The van der Waals surface area contributed by atoms with E-state index in [-0.39, 0.29) is 24.8 Å². The minimum absolute atomic E-state index is 0.0111. The van der Waals surface area contributed by atoms with Crippen molar-refractivity contribution in [2.24, 2.45) is 0 Å². The summed E-state index contributed by atoms with van der Waals surface area (Å²) in [6.07, 6.45) is 2.83. The van der Waals surface area contributed by atoms with Gasteiger partial charge < -0.3 is 15.5 Å². The molecule has 7 rings (SSSR count). The van der Waals surface area contributed by atoms with Gasteiger partial charge in [-0.05, 0) is 66.4 Å². The first kappa shape index (κ1) is 40.7. The fourth-order valence-electron chi connectivity index (χ4n) is 7.51. The first-order chi connectivity index (χ1) is 27.7. The molecule has 58 heavy (non-hydrogen) atoms. The van der Waals surface area contributed by atoms with Crippen molar-refractivity contribution in [3.8, 4) is 0 Å². The highest BCUT2D eigenvalue weighted by Gasteiger charge is 2.35. The zero-order chi connectivity index (χ0) is 41.0. The summed E-state index contributed by atoms with van der Waals surface area (Å²) in [5, 5.41) is 8.17. The Kier molecular flexibility index (Phi) is 12.0. The van der Waals surface area contributed by atoms with E-state index in [4.69, 9.17) is 0 Å². The van der Waals surface area contributed by atoms with Gasteiger partial charge in [0.25, 0.3) is 0 Å². The average molecular weight is 822 g/mol. The first-order valence-corrected chi connectivity index (χ1v) is 20.9. The summed E-state index contributed by atoms with van der Waals surface area (Å²) < 4.78 is 66.8. The Morgan fingerprint density at radius 3 is 2.38 bits per heavy atom. The van der Waals surface area contributed by atoms with Crippen molar-refractivity contribution >= 4 is 56.5 Å². The van der Waals surface area contributed by atoms with Crippen LogP contribution < -0.4 is 30.1 Å². The third-order valence-corrected chi connectivity index (χ3v) is 12.0. The number of nitrogens with one attached hydrogen (secondary N) is 3. The zero-order valence-electron chi connectivity index (χ0n) is 32.2. The maximum Gasteiger partial charge on any atom is 0.421 e. The maximum absolute atomic E-state index is 13.9. The molecule has 0 radical (unpaired) electrons. The van der Waals surface area contributed by atoms with E-state index >= 15 is 0 Å². The molecule has 3 aliphatic heterocycles. The molecule has 3 N–H and O–H groups in total. The number of sulfonamides is 1. The molecule has 15 nitrogen and oxygen atoms in total. The number of pyridine rings is 1. The quantitative estimate of drug-likeness (QED) is 0.178. The Hall–Kier alpha value is -5.53. The Balaban J connectivity index is 0.904. The second-order valence-electron chi connectivity index (χ2n) is 14.7. The highest BCUT2D eigenvalue weighted by molar-refractivity contribution is 7.92. The van der Waals surface area contributed by atoms with E-state index in [2.05, 4.69) is 45.6 Å². The number of benzene rings is 2. The van der Waals surface area contributed by atoms with Gasteiger partial charge in [-0.1, -0.05) is 12.1 Å². The Labute approximate surface area is 335 Å². The Morgan fingerprint density at radius 2 is 1.69 bits per heavy atom. The third kappa shape index (κ3) is 9.76. The molecule has 0 spiro atoms. The average Bonchev–Trinajstić information content (AvgIpc) is 3.20. The highest BCUT2D eigenvalue weighted by atomic mass is 32.2. The summed E-state index contributed by atoms with van der Waals surface area (Å²) in [4.78, 5) is 45.4. The lowest BCUT2D eigenvalue weighted by atomic mass is 10.0. The zero-order valence-corrected chi connectivity index (χ0v) is 33.1. The van der Waals surface area contributed by atoms with E-state index in [1.165, 1.54) is 7.05 Å². The number of piperazine rings is 1. The van der Waals surface area contributed by atoms with Gasteiger partial charge in [-0.25, -0.2) is 18.2 Å². The van der Waals surface area contributed by atoms with E-state index in [1.807, 2.05) is 30.3 Å². The summed E-state index contributed by atoms with van der Waals surface area (Å²) in [6, 6.07) is 16.2. The molecule has 0 saturated carbocycles. The van der Waals surface area contributed by atoms with Crippen molar-refractivity contribution in [2.45, 2.75) is 44.6 Å².